The van der Waals surface area contributed by atoms with Crippen LogP contribution >= 0.6 is 11.6 Å². The number of halogens is 1. The van der Waals surface area contributed by atoms with Crippen molar-refractivity contribution in [1.82, 2.24) is 15.2 Å². The number of hydrogen-bond acceptors (Lipinski definition) is 4. The average Bonchev–Trinajstić information content (AvgIpc) is 2.78. The van der Waals surface area contributed by atoms with E-state index in [1.165, 1.54) is 0 Å². The molecule has 5 nitrogen and oxygen atoms in total. The number of ether oxygens (including phenoxy) is 1. The van der Waals surface area contributed by atoms with E-state index in [-0.39, 0.29) is 6.04 Å². The number of hydrogen-bond donors (Lipinski definition) is 2. The van der Waals surface area contributed by atoms with Crippen LogP contribution in [0.25, 0.3) is 0 Å². The molecule has 2 rings (SSSR count). The molecule has 0 saturated heterocycles. The van der Waals surface area contributed by atoms with Crippen molar-refractivity contribution in [3.8, 4) is 5.75 Å². The summed E-state index contributed by atoms with van der Waals surface area (Å²) in [6.07, 6.45) is 1.86. The molecule has 0 saturated carbocycles. The van der Waals surface area contributed by atoms with Crippen molar-refractivity contribution >= 4 is 11.6 Å². The molecule has 0 bridgehead atoms. The third-order valence-electron chi connectivity index (χ3n) is 2.70. The van der Waals surface area contributed by atoms with Gasteiger partial charge in [-0.15, -0.1) is 0 Å². The van der Waals surface area contributed by atoms with E-state index in [0.717, 1.165) is 11.3 Å². The number of nitrogens with two attached hydrogens (primary N) is 1. The van der Waals surface area contributed by atoms with Crippen LogP contribution in [0.5, 0.6) is 5.75 Å². The predicted octanol–water partition coefficient (Wildman–Crippen LogP) is 1.63. The molecule has 0 spiro atoms. The molecule has 6 heteroatoms. The van der Waals surface area contributed by atoms with Crippen LogP contribution in [0.2, 0.25) is 5.02 Å². The van der Waals surface area contributed by atoms with Gasteiger partial charge < -0.3 is 4.74 Å². The van der Waals surface area contributed by atoms with E-state index in [2.05, 4.69) is 10.5 Å². The topological polar surface area (TPSA) is 65.1 Å². The molecule has 1 atom stereocenters. The van der Waals surface area contributed by atoms with Crippen molar-refractivity contribution in [2.45, 2.75) is 6.04 Å². The summed E-state index contributed by atoms with van der Waals surface area (Å²) in [4.78, 5) is 0. The van der Waals surface area contributed by atoms with Crippen molar-refractivity contribution in [2.75, 3.05) is 7.11 Å². The van der Waals surface area contributed by atoms with Gasteiger partial charge in [-0.3, -0.25) is 10.5 Å². The van der Waals surface area contributed by atoms with Crippen molar-refractivity contribution in [1.29, 1.82) is 0 Å². The van der Waals surface area contributed by atoms with Crippen LogP contribution < -0.4 is 16.0 Å². The summed E-state index contributed by atoms with van der Waals surface area (Å²) in [5, 5.41) is 4.96. The molecule has 0 fully saturated rings. The molecule has 0 aliphatic heterocycles. The molecule has 0 aliphatic rings. The Kier molecular flexibility index (Phi) is 3.86. The molecule has 0 radical (unpaired) electrons. The first kappa shape index (κ1) is 12.9. The number of hydrazine groups is 1. The van der Waals surface area contributed by atoms with Crippen LogP contribution in [0.1, 0.15) is 17.3 Å². The Morgan fingerprint density at radius 1 is 1.44 bits per heavy atom. The van der Waals surface area contributed by atoms with Crippen molar-refractivity contribution in [3.05, 3.63) is 46.7 Å². The summed E-state index contributed by atoms with van der Waals surface area (Å²) in [6, 6.07) is 7.09. The zero-order valence-corrected chi connectivity index (χ0v) is 11.0. The minimum absolute atomic E-state index is 0.238. The monoisotopic (exact) mass is 266 g/mol. The molecule has 1 unspecified atom stereocenters. The van der Waals surface area contributed by atoms with Crippen LogP contribution in [0.15, 0.2) is 30.5 Å². The van der Waals surface area contributed by atoms with E-state index in [1.807, 2.05) is 25.4 Å². The van der Waals surface area contributed by atoms with E-state index in [9.17, 15) is 0 Å². The summed E-state index contributed by atoms with van der Waals surface area (Å²) >= 11 is 5.94. The van der Waals surface area contributed by atoms with Crippen LogP contribution in [-0.4, -0.2) is 16.9 Å². The van der Waals surface area contributed by atoms with Gasteiger partial charge in [-0.2, -0.15) is 5.10 Å². The fourth-order valence-electron chi connectivity index (χ4n) is 1.84. The molecular formula is C12H15ClN4O. The van der Waals surface area contributed by atoms with Gasteiger partial charge in [0.25, 0.3) is 0 Å². The largest absolute Gasteiger partial charge is 0.496 e. The van der Waals surface area contributed by atoms with E-state index < -0.39 is 0 Å². The number of nitrogens with zero attached hydrogens (tertiary/aromatic N) is 2. The molecular weight excluding hydrogens is 252 g/mol. The van der Waals surface area contributed by atoms with E-state index in [4.69, 9.17) is 22.2 Å². The Labute approximate surface area is 110 Å². The van der Waals surface area contributed by atoms with Gasteiger partial charge in [0.05, 0.1) is 18.8 Å². The van der Waals surface area contributed by atoms with E-state index >= 15 is 0 Å². The van der Waals surface area contributed by atoms with Gasteiger partial charge >= 0.3 is 0 Å². The maximum Gasteiger partial charge on any atom is 0.125 e. The van der Waals surface area contributed by atoms with Gasteiger partial charge in [0.1, 0.15) is 5.75 Å². The molecule has 96 valence electrons. The molecule has 2 aromatic rings. The lowest BCUT2D eigenvalue weighted by Gasteiger charge is -2.17. The van der Waals surface area contributed by atoms with Gasteiger partial charge in [-0.1, -0.05) is 17.7 Å². The van der Waals surface area contributed by atoms with Gasteiger partial charge in [-0.05, 0) is 18.2 Å². The first-order valence-electron chi connectivity index (χ1n) is 5.45. The number of methoxy groups -OCH3 is 1. The van der Waals surface area contributed by atoms with Gasteiger partial charge in [0, 0.05) is 23.8 Å². The Morgan fingerprint density at radius 2 is 2.22 bits per heavy atom. The Balaban J connectivity index is 2.44. The third-order valence-corrected chi connectivity index (χ3v) is 2.94. The highest BCUT2D eigenvalue weighted by Gasteiger charge is 2.19. The van der Waals surface area contributed by atoms with Crippen LogP contribution in [0.4, 0.5) is 0 Å². The Morgan fingerprint density at radius 3 is 2.78 bits per heavy atom. The Bertz CT molecular complexity index is 541. The molecule has 1 aromatic carbocycles. The lowest BCUT2D eigenvalue weighted by molar-refractivity contribution is 0.403. The van der Waals surface area contributed by atoms with Crippen LogP contribution in [0.3, 0.4) is 0 Å². The first-order valence-corrected chi connectivity index (χ1v) is 5.82. The maximum absolute atomic E-state index is 5.94. The van der Waals surface area contributed by atoms with Crippen molar-refractivity contribution in [2.24, 2.45) is 12.9 Å². The number of benzene rings is 1. The molecule has 3 N–H and O–H groups in total. The second kappa shape index (κ2) is 5.39. The van der Waals surface area contributed by atoms with E-state index in [0.29, 0.717) is 10.8 Å². The molecule has 0 amide bonds. The van der Waals surface area contributed by atoms with Crippen molar-refractivity contribution in [3.63, 3.8) is 0 Å². The molecule has 0 aliphatic carbocycles. The zero-order chi connectivity index (χ0) is 13.1. The number of aromatic nitrogens is 2. The summed E-state index contributed by atoms with van der Waals surface area (Å²) in [5.74, 6) is 6.30. The van der Waals surface area contributed by atoms with Gasteiger partial charge in [0.2, 0.25) is 0 Å². The lowest BCUT2D eigenvalue weighted by atomic mass is 10.0. The lowest BCUT2D eigenvalue weighted by Crippen LogP contribution is -2.29. The molecule has 18 heavy (non-hydrogen) atoms. The highest BCUT2D eigenvalue weighted by molar-refractivity contribution is 6.30. The fraction of sp³-hybridized carbons (Fsp3) is 0.250. The molecule has 1 heterocycles. The highest BCUT2D eigenvalue weighted by Crippen LogP contribution is 2.31. The summed E-state index contributed by atoms with van der Waals surface area (Å²) in [7, 11) is 3.46. The van der Waals surface area contributed by atoms with E-state index in [1.54, 1.807) is 23.9 Å². The summed E-state index contributed by atoms with van der Waals surface area (Å²) in [5.41, 5.74) is 4.46. The normalized spacial score (nSPS) is 12.4. The zero-order valence-electron chi connectivity index (χ0n) is 10.2. The number of rotatable bonds is 4. The smallest absolute Gasteiger partial charge is 0.125 e. The summed E-state index contributed by atoms with van der Waals surface area (Å²) in [6.45, 7) is 0. The first-order chi connectivity index (χ1) is 8.65. The highest BCUT2D eigenvalue weighted by atomic mass is 35.5. The summed E-state index contributed by atoms with van der Waals surface area (Å²) < 4.78 is 7.05. The van der Waals surface area contributed by atoms with Crippen molar-refractivity contribution < 1.29 is 4.74 Å². The third kappa shape index (κ3) is 2.48. The van der Waals surface area contributed by atoms with Gasteiger partial charge in [-0.25, -0.2) is 5.43 Å². The quantitative estimate of drug-likeness (QED) is 0.652. The predicted molar refractivity (Wildman–Crippen MR) is 70.4 cm³/mol. The number of aryl methyl sites for hydroxylation is 1. The second-order valence-corrected chi connectivity index (χ2v) is 4.34. The van der Waals surface area contributed by atoms with Gasteiger partial charge in [0.15, 0.2) is 0 Å². The molecule has 1 aromatic heterocycles. The minimum atomic E-state index is -0.238. The minimum Gasteiger partial charge on any atom is -0.496 e. The fourth-order valence-corrected chi connectivity index (χ4v) is 2.01. The average molecular weight is 267 g/mol. The van der Waals surface area contributed by atoms with Crippen LogP contribution in [0, 0.1) is 0 Å². The number of nitrogens with one attached hydrogen (secondary N) is 1. The Hall–Kier alpha value is -1.56. The second-order valence-electron chi connectivity index (χ2n) is 3.90. The maximum atomic E-state index is 5.94. The standard InChI is InChI=1S/C12H15ClN4O/c1-17-6-5-10(16-17)12(15-14)9-4-3-8(13)7-11(9)18-2/h3-7,12,15H,14H2,1-2H3. The SMILES string of the molecule is COc1cc(Cl)ccc1C(NN)c1ccn(C)n1. The van der Waals surface area contributed by atoms with Crippen LogP contribution in [-0.2, 0) is 7.05 Å².